The van der Waals surface area contributed by atoms with Crippen molar-refractivity contribution in [2.24, 2.45) is 0 Å². The van der Waals surface area contributed by atoms with E-state index in [9.17, 15) is 14.8 Å². The van der Waals surface area contributed by atoms with E-state index >= 15 is 0 Å². The van der Waals surface area contributed by atoms with E-state index in [4.69, 9.17) is 0 Å². The van der Waals surface area contributed by atoms with E-state index < -0.39 is 0 Å². The quantitative estimate of drug-likeness (QED) is 0.477. The summed E-state index contributed by atoms with van der Waals surface area (Å²) in [4.78, 5) is 38.8. The van der Waals surface area contributed by atoms with Crippen LogP contribution in [0.15, 0.2) is 65.7 Å². The molecule has 5 rings (SSSR count). The maximum absolute atomic E-state index is 13.4. The van der Waals surface area contributed by atoms with Crippen LogP contribution in [0.25, 0.3) is 33.4 Å². The molecule has 5 aromatic rings. The van der Waals surface area contributed by atoms with Crippen LogP contribution >= 0.6 is 0 Å². The lowest BCUT2D eigenvalue weighted by Crippen LogP contribution is -2.20. The van der Waals surface area contributed by atoms with Crippen molar-refractivity contribution < 1.29 is 14.9 Å². The third kappa shape index (κ3) is 2.44. The number of rotatable bonds is 3. The fourth-order valence-electron chi connectivity index (χ4n) is 3.47. The van der Waals surface area contributed by atoms with Crippen LogP contribution in [0.3, 0.4) is 0 Å². The molecule has 3 aromatic heterocycles. The second-order valence-corrected chi connectivity index (χ2v) is 6.41. The Labute approximate surface area is 162 Å². The highest BCUT2D eigenvalue weighted by Crippen LogP contribution is 2.27. The van der Waals surface area contributed by atoms with Crippen molar-refractivity contribution in [3.63, 3.8) is 0 Å². The minimum atomic E-state index is -0.253. The molecule has 0 bridgehead atoms. The van der Waals surface area contributed by atoms with E-state index in [2.05, 4.69) is 14.8 Å². The van der Waals surface area contributed by atoms with Crippen LogP contribution in [0.4, 0.5) is 5.69 Å². The molecule has 0 aliphatic heterocycles. The van der Waals surface area contributed by atoms with Gasteiger partial charge >= 0.3 is 5.69 Å². The monoisotopic (exact) mass is 388 g/mol. The van der Waals surface area contributed by atoms with Crippen LogP contribution in [-0.4, -0.2) is 36.1 Å². The highest BCUT2D eigenvalue weighted by molar-refractivity contribution is 6.04. The van der Waals surface area contributed by atoms with E-state index in [0.29, 0.717) is 44.0 Å². The molecule has 0 amide bonds. The van der Waals surface area contributed by atoms with Crippen molar-refractivity contribution in [2.45, 2.75) is 0 Å². The van der Waals surface area contributed by atoms with Gasteiger partial charge in [0.25, 0.3) is 10.5 Å². The zero-order chi connectivity index (χ0) is 20.1. The Hall–Kier alpha value is -4.27. The molecule has 0 saturated carbocycles. The van der Waals surface area contributed by atoms with Gasteiger partial charge in [-0.15, -0.1) is 0 Å². The van der Waals surface area contributed by atoms with Crippen molar-refractivity contribution in [3.05, 3.63) is 76.2 Å². The van der Waals surface area contributed by atoms with E-state index in [1.165, 1.54) is 24.1 Å². The second kappa shape index (κ2) is 6.13. The van der Waals surface area contributed by atoms with Gasteiger partial charge in [-0.3, -0.25) is 13.8 Å². The molecule has 0 fully saturated rings. The first-order chi connectivity index (χ1) is 14.1. The Balaban J connectivity index is 1.94. The Morgan fingerprint density at radius 3 is 2.52 bits per heavy atom. The summed E-state index contributed by atoms with van der Waals surface area (Å²) in [5.74, 6) is 0.297. The average molecular weight is 388 g/mol. The lowest BCUT2D eigenvalue weighted by molar-refractivity contribution is -0.736. The molecule has 0 spiro atoms. The predicted octanol–water partition coefficient (Wildman–Crippen LogP) is 2.86. The zero-order valence-electron chi connectivity index (χ0n) is 15.2. The number of fused-ring (bicyclic) bond motifs is 5. The maximum Gasteiger partial charge on any atom is 0.316 e. The highest BCUT2D eigenvalue weighted by atomic mass is 16.8. The van der Waals surface area contributed by atoms with Gasteiger partial charge in [-0.05, 0) is 18.2 Å². The molecule has 0 aliphatic carbocycles. The highest BCUT2D eigenvalue weighted by Gasteiger charge is 2.20. The topological polar surface area (TPSA) is 102 Å². The minimum Gasteiger partial charge on any atom is -0.505 e. The van der Waals surface area contributed by atoms with Crippen molar-refractivity contribution in [1.29, 1.82) is 0 Å². The molecule has 142 valence electrons. The largest absolute Gasteiger partial charge is 0.505 e. The fourth-order valence-corrected chi connectivity index (χ4v) is 3.47. The smallest absolute Gasteiger partial charge is 0.316 e. The molecule has 29 heavy (non-hydrogen) atoms. The maximum atomic E-state index is 13.4. The van der Waals surface area contributed by atoms with Crippen LogP contribution in [0.5, 0.6) is 5.75 Å². The van der Waals surface area contributed by atoms with E-state index in [0.717, 1.165) is 0 Å². The molecule has 1 N–H and O–H groups in total. The lowest BCUT2D eigenvalue weighted by atomic mass is 10.1. The first-order valence-corrected chi connectivity index (χ1v) is 8.71. The van der Waals surface area contributed by atoms with Gasteiger partial charge in [-0.25, -0.2) is 14.8 Å². The number of hydrogen-bond donors (Lipinski definition) is 1. The van der Waals surface area contributed by atoms with Gasteiger partial charge in [0.15, 0.2) is 18.5 Å². The number of imidazole rings is 1. The molecule has 0 atom stereocenters. The molecule has 2 aromatic carbocycles. The molecular formula is C20H14N5O4+. The first kappa shape index (κ1) is 16.9. The van der Waals surface area contributed by atoms with Crippen molar-refractivity contribution in [1.82, 2.24) is 18.9 Å². The van der Waals surface area contributed by atoms with E-state index in [1.54, 1.807) is 40.8 Å². The van der Waals surface area contributed by atoms with E-state index in [1.807, 2.05) is 12.1 Å². The third-order valence-corrected chi connectivity index (χ3v) is 4.75. The molecule has 3 heterocycles. The van der Waals surface area contributed by atoms with Gasteiger partial charge < -0.3 is 5.11 Å². The lowest BCUT2D eigenvalue weighted by Gasteiger charge is -2.10. The summed E-state index contributed by atoms with van der Waals surface area (Å²) in [6.45, 7) is 0. The summed E-state index contributed by atoms with van der Waals surface area (Å²) in [5, 5.41) is 11.1. The van der Waals surface area contributed by atoms with Crippen LogP contribution in [-0.2, 0) is 4.84 Å². The zero-order valence-corrected chi connectivity index (χ0v) is 15.2. The SMILES string of the molecule is CO[N+](=O)c1ccc(-n2c(=O)c3ccccc3c3nc4ncc(O)cn4c32)cc1. The molecule has 0 saturated heterocycles. The van der Waals surface area contributed by atoms with Gasteiger partial charge in [0, 0.05) is 22.9 Å². The number of benzene rings is 2. The number of aromatic hydroxyl groups is 1. The van der Waals surface area contributed by atoms with Gasteiger partial charge in [-0.2, -0.15) is 0 Å². The van der Waals surface area contributed by atoms with Crippen LogP contribution in [0, 0.1) is 4.91 Å². The summed E-state index contributed by atoms with van der Waals surface area (Å²) in [6.07, 6.45) is 2.76. The molecule has 9 nitrogen and oxygen atoms in total. The standard InChI is InChI=1S/C20H13N5O4/c1-29-25(28)13-8-6-12(7-9-13)24-18-17(15-4-2-3-5-16(15)19(24)27)22-20-21-10-14(26)11-23(18)20/h2-11H,1H3/p+1. The van der Waals surface area contributed by atoms with Crippen molar-refractivity contribution >= 4 is 33.4 Å². The fraction of sp³-hybridized carbons (Fsp3) is 0.0500. The Bertz CT molecular complexity index is 1480. The molecule has 0 aliphatic rings. The Morgan fingerprint density at radius 1 is 1.07 bits per heavy atom. The average Bonchev–Trinajstić information content (AvgIpc) is 3.12. The summed E-state index contributed by atoms with van der Waals surface area (Å²) in [6, 6.07) is 13.6. The number of pyridine rings is 1. The minimum absolute atomic E-state index is 0.0543. The Morgan fingerprint density at radius 2 is 1.79 bits per heavy atom. The predicted molar refractivity (Wildman–Crippen MR) is 106 cm³/mol. The number of aromatic nitrogens is 4. The van der Waals surface area contributed by atoms with Gasteiger partial charge in [0.2, 0.25) is 5.78 Å². The summed E-state index contributed by atoms with van der Waals surface area (Å²) in [5.41, 5.74) is 1.61. The van der Waals surface area contributed by atoms with Gasteiger partial charge in [0.05, 0.1) is 23.0 Å². The molecule has 9 heteroatoms. The number of nitrogens with zero attached hydrogens (tertiary/aromatic N) is 5. The summed E-state index contributed by atoms with van der Waals surface area (Å²) < 4.78 is 3.06. The summed E-state index contributed by atoms with van der Waals surface area (Å²) in [7, 11) is 1.27. The Kier molecular flexibility index (Phi) is 3.56. The van der Waals surface area contributed by atoms with Gasteiger partial charge in [-0.1, -0.05) is 18.2 Å². The normalized spacial score (nSPS) is 11.3. The molecular weight excluding hydrogens is 374 g/mol. The number of hydrogen-bond acceptors (Lipinski definition) is 6. The third-order valence-electron chi connectivity index (χ3n) is 4.75. The second-order valence-electron chi connectivity index (χ2n) is 6.41. The van der Waals surface area contributed by atoms with Gasteiger partial charge in [0.1, 0.15) is 5.52 Å². The summed E-state index contributed by atoms with van der Waals surface area (Å²) >= 11 is 0. The molecule has 0 unspecified atom stereocenters. The van der Waals surface area contributed by atoms with Crippen molar-refractivity contribution in [3.8, 4) is 11.4 Å². The van der Waals surface area contributed by atoms with Crippen LogP contribution in [0.2, 0.25) is 0 Å². The van der Waals surface area contributed by atoms with Crippen molar-refractivity contribution in [2.75, 3.05) is 7.11 Å². The van der Waals surface area contributed by atoms with E-state index in [-0.39, 0.29) is 11.3 Å². The van der Waals surface area contributed by atoms with Crippen LogP contribution < -0.4 is 5.56 Å². The first-order valence-electron chi connectivity index (χ1n) is 8.71. The molecule has 0 radical (unpaired) electrons. The van der Waals surface area contributed by atoms with Crippen LogP contribution in [0.1, 0.15) is 0 Å².